The number of alkyl halides is 3. The Bertz CT molecular complexity index is 647. The Morgan fingerprint density at radius 1 is 1.14 bits per heavy atom. The number of hydrogen-bond donors (Lipinski definition) is 1. The third-order valence-electron chi connectivity index (χ3n) is 3.38. The first-order valence-corrected chi connectivity index (χ1v) is 6.37. The Kier molecular flexibility index (Phi) is 4.00. The first-order valence-electron chi connectivity index (χ1n) is 6.37. The molecule has 1 aromatic heterocycles. The summed E-state index contributed by atoms with van der Waals surface area (Å²) < 4.78 is 46.2. The van der Waals surface area contributed by atoms with Gasteiger partial charge >= 0.3 is 6.36 Å². The van der Waals surface area contributed by atoms with Gasteiger partial charge in [0, 0.05) is 5.56 Å². The molecule has 0 aliphatic carbocycles. The standard InChI is InChI=1S/C15H16F3NO2/c1-8-9(2)20-10(3)13(8)14(19)11-5-4-6-12(7-11)21-15(16,17)18/h4-7,14H,19H2,1-3H3. The summed E-state index contributed by atoms with van der Waals surface area (Å²) in [6.45, 7) is 5.48. The number of furan rings is 1. The molecule has 0 spiro atoms. The molecule has 2 aromatic rings. The highest BCUT2D eigenvalue weighted by atomic mass is 19.4. The maximum absolute atomic E-state index is 12.3. The fourth-order valence-corrected chi connectivity index (χ4v) is 2.34. The third kappa shape index (κ3) is 3.39. The molecular formula is C15H16F3NO2. The molecule has 1 atom stereocenters. The normalized spacial score (nSPS) is 13.3. The molecule has 21 heavy (non-hydrogen) atoms. The Balaban J connectivity index is 2.35. The molecular weight excluding hydrogens is 283 g/mol. The van der Waals surface area contributed by atoms with Gasteiger partial charge in [-0.1, -0.05) is 12.1 Å². The van der Waals surface area contributed by atoms with E-state index >= 15 is 0 Å². The zero-order valence-electron chi connectivity index (χ0n) is 11.9. The summed E-state index contributed by atoms with van der Waals surface area (Å²) >= 11 is 0. The molecule has 2 rings (SSSR count). The van der Waals surface area contributed by atoms with Crippen LogP contribution >= 0.6 is 0 Å². The van der Waals surface area contributed by atoms with Crippen LogP contribution < -0.4 is 10.5 Å². The predicted molar refractivity (Wildman–Crippen MR) is 72.1 cm³/mol. The molecule has 0 saturated carbocycles. The van der Waals surface area contributed by atoms with Crippen molar-refractivity contribution in [3.63, 3.8) is 0 Å². The van der Waals surface area contributed by atoms with E-state index in [9.17, 15) is 13.2 Å². The van der Waals surface area contributed by atoms with Gasteiger partial charge in [0.2, 0.25) is 0 Å². The monoisotopic (exact) mass is 299 g/mol. The number of ether oxygens (including phenoxy) is 1. The summed E-state index contributed by atoms with van der Waals surface area (Å²) in [6, 6.07) is 5.10. The summed E-state index contributed by atoms with van der Waals surface area (Å²) in [6.07, 6.45) is -4.72. The van der Waals surface area contributed by atoms with Crippen LogP contribution in [0.4, 0.5) is 13.2 Å². The Labute approximate surface area is 120 Å². The van der Waals surface area contributed by atoms with Gasteiger partial charge in [0.25, 0.3) is 0 Å². The number of nitrogens with two attached hydrogens (primary N) is 1. The van der Waals surface area contributed by atoms with Crippen LogP contribution in [0.15, 0.2) is 28.7 Å². The van der Waals surface area contributed by atoms with Gasteiger partial charge in [-0.05, 0) is 44.0 Å². The lowest BCUT2D eigenvalue weighted by Gasteiger charge is -2.15. The summed E-state index contributed by atoms with van der Waals surface area (Å²) in [7, 11) is 0. The van der Waals surface area contributed by atoms with Crippen LogP contribution in [0.2, 0.25) is 0 Å². The minimum atomic E-state index is -4.72. The summed E-state index contributed by atoms with van der Waals surface area (Å²) in [4.78, 5) is 0. The second-order valence-corrected chi connectivity index (χ2v) is 4.85. The number of hydrogen-bond acceptors (Lipinski definition) is 3. The fraction of sp³-hybridized carbons (Fsp3) is 0.333. The van der Waals surface area contributed by atoms with Crippen LogP contribution in [0.25, 0.3) is 0 Å². The van der Waals surface area contributed by atoms with Gasteiger partial charge in [0.05, 0.1) is 6.04 Å². The van der Waals surface area contributed by atoms with Gasteiger partial charge in [-0.2, -0.15) is 0 Å². The Morgan fingerprint density at radius 2 is 1.81 bits per heavy atom. The molecule has 114 valence electrons. The highest BCUT2D eigenvalue weighted by Crippen LogP contribution is 2.32. The quantitative estimate of drug-likeness (QED) is 0.926. The average Bonchev–Trinajstić information content (AvgIpc) is 2.61. The highest BCUT2D eigenvalue weighted by Gasteiger charge is 2.31. The second kappa shape index (κ2) is 5.44. The minimum absolute atomic E-state index is 0.286. The molecule has 1 unspecified atom stereocenters. The number of halogens is 3. The molecule has 0 amide bonds. The largest absolute Gasteiger partial charge is 0.573 e. The lowest BCUT2D eigenvalue weighted by atomic mass is 9.96. The zero-order chi connectivity index (χ0) is 15.8. The topological polar surface area (TPSA) is 48.4 Å². The summed E-state index contributed by atoms with van der Waals surface area (Å²) in [5, 5.41) is 0. The SMILES string of the molecule is Cc1oc(C)c(C(N)c2cccc(OC(F)(F)F)c2)c1C. The highest BCUT2D eigenvalue weighted by molar-refractivity contribution is 5.42. The molecule has 2 N–H and O–H groups in total. The van der Waals surface area contributed by atoms with E-state index in [1.807, 2.05) is 13.8 Å². The number of rotatable bonds is 3. The molecule has 0 aliphatic heterocycles. The first-order chi connectivity index (χ1) is 9.69. The van der Waals surface area contributed by atoms with E-state index < -0.39 is 12.4 Å². The molecule has 0 fully saturated rings. The van der Waals surface area contributed by atoms with E-state index in [4.69, 9.17) is 10.2 Å². The third-order valence-corrected chi connectivity index (χ3v) is 3.38. The lowest BCUT2D eigenvalue weighted by molar-refractivity contribution is -0.274. The van der Waals surface area contributed by atoms with Crippen molar-refractivity contribution in [1.29, 1.82) is 0 Å². The molecule has 0 radical (unpaired) electrons. The van der Waals surface area contributed by atoms with Gasteiger partial charge < -0.3 is 14.9 Å². The van der Waals surface area contributed by atoms with Crippen LogP contribution in [0, 0.1) is 20.8 Å². The summed E-state index contributed by atoms with van der Waals surface area (Å²) in [5.74, 6) is 1.13. The van der Waals surface area contributed by atoms with Crippen LogP contribution in [-0.4, -0.2) is 6.36 Å². The Hall–Kier alpha value is -1.95. The Morgan fingerprint density at radius 3 is 2.33 bits per heavy atom. The average molecular weight is 299 g/mol. The van der Waals surface area contributed by atoms with E-state index in [0.29, 0.717) is 11.3 Å². The molecule has 6 heteroatoms. The van der Waals surface area contributed by atoms with Crippen LogP contribution in [0.3, 0.4) is 0 Å². The van der Waals surface area contributed by atoms with Crippen molar-refractivity contribution in [2.24, 2.45) is 5.73 Å². The van der Waals surface area contributed by atoms with Crippen molar-refractivity contribution in [1.82, 2.24) is 0 Å². The zero-order valence-corrected chi connectivity index (χ0v) is 11.9. The molecule has 1 aromatic carbocycles. The van der Waals surface area contributed by atoms with Gasteiger partial charge in [-0.15, -0.1) is 13.2 Å². The number of benzene rings is 1. The fourth-order valence-electron chi connectivity index (χ4n) is 2.34. The lowest BCUT2D eigenvalue weighted by Crippen LogP contribution is -2.18. The summed E-state index contributed by atoms with van der Waals surface area (Å²) in [5.41, 5.74) is 8.39. The van der Waals surface area contributed by atoms with Gasteiger partial charge in [-0.3, -0.25) is 0 Å². The van der Waals surface area contributed by atoms with E-state index in [-0.39, 0.29) is 5.75 Å². The second-order valence-electron chi connectivity index (χ2n) is 4.85. The maximum atomic E-state index is 12.3. The van der Waals surface area contributed by atoms with E-state index in [0.717, 1.165) is 16.9 Å². The van der Waals surface area contributed by atoms with Gasteiger partial charge in [0.15, 0.2) is 0 Å². The van der Waals surface area contributed by atoms with E-state index in [2.05, 4.69) is 4.74 Å². The van der Waals surface area contributed by atoms with Crippen LogP contribution in [0.5, 0.6) is 5.75 Å². The molecule has 0 bridgehead atoms. The number of aryl methyl sites for hydroxylation is 2. The van der Waals surface area contributed by atoms with Crippen molar-refractivity contribution in [3.8, 4) is 5.75 Å². The van der Waals surface area contributed by atoms with Crippen molar-refractivity contribution in [2.45, 2.75) is 33.2 Å². The van der Waals surface area contributed by atoms with E-state index in [1.165, 1.54) is 18.2 Å². The molecule has 1 heterocycles. The van der Waals surface area contributed by atoms with Gasteiger partial charge in [0.1, 0.15) is 17.3 Å². The predicted octanol–water partition coefficient (Wildman–Crippen LogP) is 4.15. The van der Waals surface area contributed by atoms with E-state index in [1.54, 1.807) is 13.0 Å². The maximum Gasteiger partial charge on any atom is 0.573 e. The molecule has 3 nitrogen and oxygen atoms in total. The van der Waals surface area contributed by atoms with Crippen molar-refractivity contribution >= 4 is 0 Å². The molecule has 0 saturated heterocycles. The molecule has 0 aliphatic rings. The first kappa shape index (κ1) is 15.4. The van der Waals surface area contributed by atoms with Crippen molar-refractivity contribution in [3.05, 3.63) is 52.5 Å². The van der Waals surface area contributed by atoms with Crippen LogP contribution in [0.1, 0.15) is 34.3 Å². The van der Waals surface area contributed by atoms with Crippen molar-refractivity contribution < 1.29 is 22.3 Å². The minimum Gasteiger partial charge on any atom is -0.466 e. The van der Waals surface area contributed by atoms with Gasteiger partial charge in [-0.25, -0.2) is 0 Å². The van der Waals surface area contributed by atoms with Crippen molar-refractivity contribution in [2.75, 3.05) is 0 Å². The van der Waals surface area contributed by atoms with Crippen LogP contribution in [-0.2, 0) is 0 Å². The smallest absolute Gasteiger partial charge is 0.466 e.